The largest absolute Gasteiger partial charge is 0.388 e. The van der Waals surface area contributed by atoms with E-state index in [2.05, 4.69) is 23.3 Å². The first-order valence-electron chi connectivity index (χ1n) is 11.8. The van der Waals surface area contributed by atoms with Crippen LogP contribution in [0.15, 0.2) is 0 Å². The van der Waals surface area contributed by atoms with Crippen molar-refractivity contribution >= 4 is 0 Å². The molecule has 3 nitrogen and oxygen atoms in total. The van der Waals surface area contributed by atoms with Crippen molar-refractivity contribution in [2.45, 2.75) is 106 Å². The SMILES string of the molecule is CCCC.OC(COCCC(F)(F)C(F)(F)C(F)(F)C(F)(F)C(F)F)COCCC(F)(F)C(F)(F)C(F)(F)C(F)(F)C(F)F. The molecule has 0 atom stereocenters. The molecular formula is C21H26F20O3. The normalized spacial score (nSPS) is 14.9. The molecule has 23 heteroatoms. The first kappa shape index (κ1) is 44.6. The highest BCUT2D eigenvalue weighted by Crippen LogP contribution is 2.56. The molecule has 0 aromatic heterocycles. The number of unbranched alkanes of at least 4 members (excludes halogenated alkanes) is 1. The van der Waals surface area contributed by atoms with E-state index in [4.69, 9.17) is 0 Å². The molecule has 0 aromatic rings. The molecule has 1 N–H and O–H groups in total. The van der Waals surface area contributed by atoms with Crippen molar-refractivity contribution < 1.29 is 102 Å². The molecule has 0 aliphatic heterocycles. The quantitative estimate of drug-likeness (QED) is 0.108. The lowest BCUT2D eigenvalue weighted by Crippen LogP contribution is -2.64. The van der Waals surface area contributed by atoms with Crippen molar-refractivity contribution in [2.24, 2.45) is 0 Å². The number of halogens is 20. The number of aliphatic hydroxyl groups excluding tert-OH is 1. The molecule has 0 spiro atoms. The molecule has 0 unspecified atom stereocenters. The highest BCUT2D eigenvalue weighted by molar-refractivity contribution is 5.05. The zero-order valence-corrected chi connectivity index (χ0v) is 22.2. The van der Waals surface area contributed by atoms with Gasteiger partial charge in [0.1, 0.15) is 6.10 Å². The summed E-state index contributed by atoms with van der Waals surface area (Å²) in [7, 11) is 0. The van der Waals surface area contributed by atoms with E-state index < -0.39 is 106 Å². The third-order valence-corrected chi connectivity index (χ3v) is 5.33. The topological polar surface area (TPSA) is 38.7 Å². The van der Waals surface area contributed by atoms with Crippen molar-refractivity contribution in [3.05, 3.63) is 0 Å². The van der Waals surface area contributed by atoms with Crippen molar-refractivity contribution in [2.75, 3.05) is 26.4 Å². The Kier molecular flexibility index (Phi) is 16.1. The van der Waals surface area contributed by atoms with E-state index in [1.165, 1.54) is 12.8 Å². The molecule has 0 saturated heterocycles. The lowest BCUT2D eigenvalue weighted by atomic mass is 9.97. The second kappa shape index (κ2) is 15.9. The standard InChI is InChI=1S/C17H16F20O3.C4H10/c18-8(19)12(26,27)16(34,35)14(30,31)10(22,23)1-3-39-5-7(38)6-40-4-2-11(24,25)15(32,33)17(36,37)13(28,29)9(20)21;1-3-4-2/h7-9,38H,1-6H2;3-4H2,1-2H3. The van der Waals surface area contributed by atoms with Crippen molar-refractivity contribution in [3.8, 4) is 0 Å². The van der Waals surface area contributed by atoms with E-state index in [0.29, 0.717) is 0 Å². The minimum atomic E-state index is -7.27. The fourth-order valence-corrected chi connectivity index (χ4v) is 2.35. The summed E-state index contributed by atoms with van der Waals surface area (Å²) in [6.45, 7) is -1.91. The van der Waals surface area contributed by atoms with Gasteiger partial charge in [-0.3, -0.25) is 0 Å². The van der Waals surface area contributed by atoms with Crippen molar-refractivity contribution in [3.63, 3.8) is 0 Å². The van der Waals surface area contributed by atoms with Gasteiger partial charge in [0.2, 0.25) is 0 Å². The van der Waals surface area contributed by atoms with Crippen LogP contribution < -0.4 is 0 Å². The Morgan fingerprint density at radius 1 is 0.477 bits per heavy atom. The lowest BCUT2D eigenvalue weighted by molar-refractivity contribution is -0.385. The van der Waals surface area contributed by atoms with Gasteiger partial charge in [0.05, 0.1) is 26.4 Å². The van der Waals surface area contributed by atoms with Crippen LogP contribution in [0.3, 0.4) is 0 Å². The summed E-state index contributed by atoms with van der Waals surface area (Å²) in [5, 5.41) is 9.30. The molecule has 0 aliphatic rings. The second-order valence-electron chi connectivity index (χ2n) is 8.86. The highest BCUT2D eigenvalue weighted by Gasteiger charge is 2.83. The van der Waals surface area contributed by atoms with Crippen LogP contribution in [0.5, 0.6) is 0 Å². The first-order valence-corrected chi connectivity index (χ1v) is 11.8. The van der Waals surface area contributed by atoms with Gasteiger partial charge in [-0.15, -0.1) is 0 Å². The molecule has 0 heterocycles. The van der Waals surface area contributed by atoms with E-state index in [0.717, 1.165) is 0 Å². The molecule has 0 radical (unpaired) electrons. The van der Waals surface area contributed by atoms with E-state index in [1.54, 1.807) is 0 Å². The number of hydrogen-bond donors (Lipinski definition) is 1. The summed E-state index contributed by atoms with van der Waals surface area (Å²) in [6, 6.07) is 0. The van der Waals surface area contributed by atoms with Crippen LogP contribution in [0, 0.1) is 0 Å². The maximum atomic E-state index is 13.4. The molecule has 0 fully saturated rings. The van der Waals surface area contributed by atoms with Crippen LogP contribution in [0.25, 0.3) is 0 Å². The molecule has 0 amide bonds. The first-order chi connectivity index (χ1) is 19.4. The van der Waals surface area contributed by atoms with E-state index in [-0.39, 0.29) is 0 Å². The van der Waals surface area contributed by atoms with Gasteiger partial charge in [0.15, 0.2) is 0 Å². The third-order valence-electron chi connectivity index (χ3n) is 5.33. The minimum Gasteiger partial charge on any atom is -0.388 e. The Bertz CT molecular complexity index is 768. The Hall–Kier alpha value is -1.52. The van der Waals surface area contributed by atoms with Crippen LogP contribution in [0.1, 0.15) is 39.5 Å². The highest BCUT2D eigenvalue weighted by atomic mass is 19.4. The van der Waals surface area contributed by atoms with Gasteiger partial charge in [0.25, 0.3) is 0 Å². The van der Waals surface area contributed by atoms with Gasteiger partial charge >= 0.3 is 60.2 Å². The van der Waals surface area contributed by atoms with Gasteiger partial charge in [-0.2, -0.15) is 70.2 Å². The number of alkyl halides is 20. The summed E-state index contributed by atoms with van der Waals surface area (Å²) in [4.78, 5) is 0. The van der Waals surface area contributed by atoms with Crippen molar-refractivity contribution in [1.82, 2.24) is 0 Å². The fourth-order valence-electron chi connectivity index (χ4n) is 2.35. The Labute approximate surface area is 235 Å². The molecule has 0 saturated carbocycles. The maximum Gasteiger partial charge on any atom is 0.384 e. The van der Waals surface area contributed by atoms with Gasteiger partial charge in [-0.05, 0) is 0 Å². The van der Waals surface area contributed by atoms with Gasteiger partial charge in [0, 0.05) is 12.8 Å². The summed E-state index contributed by atoms with van der Waals surface area (Å²) in [5.41, 5.74) is 0. The zero-order valence-electron chi connectivity index (χ0n) is 22.2. The summed E-state index contributed by atoms with van der Waals surface area (Å²) >= 11 is 0. The molecule has 0 aromatic carbocycles. The zero-order chi connectivity index (χ0) is 35.8. The maximum absolute atomic E-state index is 13.4. The Morgan fingerprint density at radius 3 is 0.932 bits per heavy atom. The fraction of sp³-hybridized carbons (Fsp3) is 1.00. The lowest BCUT2D eigenvalue weighted by Gasteiger charge is -2.36. The van der Waals surface area contributed by atoms with Gasteiger partial charge in [-0.25, -0.2) is 17.6 Å². The monoisotopic (exact) mass is 706 g/mol. The van der Waals surface area contributed by atoms with E-state index in [9.17, 15) is 92.9 Å². The number of hydrogen-bond acceptors (Lipinski definition) is 3. The Morgan fingerprint density at radius 2 is 0.727 bits per heavy atom. The van der Waals surface area contributed by atoms with Crippen LogP contribution in [0.2, 0.25) is 0 Å². The number of ether oxygens (including phenoxy) is 2. The second-order valence-corrected chi connectivity index (χ2v) is 8.86. The summed E-state index contributed by atoms with van der Waals surface area (Å²) in [6.07, 6.45) is -15.6. The molecule has 268 valence electrons. The smallest absolute Gasteiger partial charge is 0.384 e. The molecular weight excluding hydrogens is 680 g/mol. The van der Waals surface area contributed by atoms with Crippen LogP contribution in [-0.4, -0.2) is 97.9 Å². The number of rotatable bonds is 19. The summed E-state index contributed by atoms with van der Waals surface area (Å²) in [5.74, 6) is -54.8. The van der Waals surface area contributed by atoms with Crippen molar-refractivity contribution in [1.29, 1.82) is 0 Å². The van der Waals surface area contributed by atoms with E-state index in [1.807, 2.05) is 0 Å². The van der Waals surface area contributed by atoms with Crippen LogP contribution >= 0.6 is 0 Å². The Balaban J connectivity index is 0. The summed E-state index contributed by atoms with van der Waals surface area (Å²) < 4.78 is 266. The van der Waals surface area contributed by atoms with Gasteiger partial charge < -0.3 is 14.6 Å². The average molecular weight is 706 g/mol. The number of aliphatic hydroxyl groups is 1. The average Bonchev–Trinajstić information content (AvgIpc) is 2.88. The van der Waals surface area contributed by atoms with E-state index >= 15 is 0 Å². The third kappa shape index (κ3) is 9.50. The van der Waals surface area contributed by atoms with Crippen LogP contribution in [0.4, 0.5) is 87.8 Å². The predicted octanol–water partition coefficient (Wildman–Crippen LogP) is 8.58. The predicted molar refractivity (Wildman–Crippen MR) is 109 cm³/mol. The molecule has 0 aliphatic carbocycles. The molecule has 0 rings (SSSR count). The minimum absolute atomic E-state index is 1.32. The molecule has 0 bridgehead atoms. The van der Waals surface area contributed by atoms with Crippen LogP contribution in [-0.2, 0) is 9.47 Å². The molecule has 44 heavy (non-hydrogen) atoms. The van der Waals surface area contributed by atoms with Gasteiger partial charge in [-0.1, -0.05) is 26.7 Å².